The van der Waals surface area contributed by atoms with Crippen LogP contribution >= 0.6 is 0 Å². The third kappa shape index (κ3) is 5.32. The van der Waals surface area contributed by atoms with Gasteiger partial charge in [0.15, 0.2) is 11.6 Å². The summed E-state index contributed by atoms with van der Waals surface area (Å²) < 4.78 is 26.2. The number of hydrogen-bond acceptors (Lipinski definition) is 0. The van der Waals surface area contributed by atoms with Gasteiger partial charge in [0.1, 0.15) is 0 Å². The first-order valence-corrected chi connectivity index (χ1v) is 10.6. The number of unbranched alkanes of at least 4 members (excludes halogenated alkanes) is 1. The highest BCUT2D eigenvalue weighted by molar-refractivity contribution is 5.35. The third-order valence-corrected chi connectivity index (χ3v) is 6.64. The molecule has 0 atom stereocenters. The lowest BCUT2D eigenvalue weighted by atomic mass is 9.69. The molecular weight excluding hydrogens is 326 g/mol. The van der Waals surface area contributed by atoms with Gasteiger partial charge in [0.2, 0.25) is 0 Å². The molecule has 1 aromatic carbocycles. The molecule has 2 heteroatoms. The molecule has 2 fully saturated rings. The Labute approximate surface area is 157 Å². The first-order valence-electron chi connectivity index (χ1n) is 10.6. The van der Waals surface area contributed by atoms with Crippen molar-refractivity contribution in [2.75, 3.05) is 0 Å². The van der Waals surface area contributed by atoms with E-state index in [4.69, 9.17) is 0 Å². The summed E-state index contributed by atoms with van der Waals surface area (Å²) in [5.41, 5.74) is 0.580. The van der Waals surface area contributed by atoms with E-state index >= 15 is 0 Å². The zero-order chi connectivity index (χ0) is 18.4. The van der Waals surface area contributed by atoms with Gasteiger partial charge in [-0.3, -0.25) is 0 Å². The quantitative estimate of drug-likeness (QED) is 0.503. The summed E-state index contributed by atoms with van der Waals surface area (Å²) in [6, 6.07) is 3.92. The van der Waals surface area contributed by atoms with E-state index in [1.54, 1.807) is 6.07 Å². The number of hydrogen-bond donors (Lipinski definition) is 0. The van der Waals surface area contributed by atoms with Crippen LogP contribution in [0.15, 0.2) is 18.2 Å². The summed E-state index contributed by atoms with van der Waals surface area (Å²) in [4.78, 5) is 0. The average Bonchev–Trinajstić information content (AvgIpc) is 2.68. The van der Waals surface area contributed by atoms with Crippen molar-refractivity contribution in [3.63, 3.8) is 0 Å². The van der Waals surface area contributed by atoms with Gasteiger partial charge in [-0.25, -0.2) is 8.78 Å². The van der Waals surface area contributed by atoms with Crippen molar-refractivity contribution >= 4 is 0 Å². The van der Waals surface area contributed by atoms with Gasteiger partial charge in [0, 0.05) is 11.5 Å². The fourth-order valence-electron chi connectivity index (χ4n) is 4.94. The molecule has 0 spiro atoms. The molecule has 0 aromatic heterocycles. The molecule has 0 saturated heterocycles. The maximum Gasteiger partial charge on any atom is 0.160 e. The minimum Gasteiger partial charge on any atom is -0.204 e. The molecule has 26 heavy (non-hydrogen) atoms. The van der Waals surface area contributed by atoms with Gasteiger partial charge in [-0.1, -0.05) is 50.9 Å². The normalized spacial score (nSPS) is 29.0. The maximum atomic E-state index is 13.3. The Morgan fingerprint density at radius 2 is 1.54 bits per heavy atom. The molecule has 2 saturated carbocycles. The van der Waals surface area contributed by atoms with Crippen molar-refractivity contribution < 1.29 is 8.78 Å². The highest BCUT2D eigenvalue weighted by atomic mass is 19.2. The largest absolute Gasteiger partial charge is 0.204 e. The lowest BCUT2D eigenvalue weighted by Gasteiger charge is -2.37. The van der Waals surface area contributed by atoms with E-state index in [2.05, 4.69) is 18.8 Å². The van der Waals surface area contributed by atoms with Crippen LogP contribution in [-0.2, 0) is 0 Å². The van der Waals surface area contributed by atoms with E-state index < -0.39 is 11.6 Å². The molecule has 0 unspecified atom stereocenters. The average molecular weight is 359 g/mol. The Morgan fingerprint density at radius 3 is 2.15 bits per heavy atom. The standard InChI is InChI=1S/C24H32F2/c1-2-3-4-18-7-12-21(13-8-18)22-14-9-19(10-15-22)5-6-20-11-16-23(25)24(26)17-20/h11,16-19,21-22H,2-4,7-10,12-15H2,1H3. The summed E-state index contributed by atoms with van der Waals surface area (Å²) in [5, 5.41) is 0. The van der Waals surface area contributed by atoms with Crippen LogP contribution in [0.25, 0.3) is 0 Å². The minimum absolute atomic E-state index is 0.417. The highest BCUT2D eigenvalue weighted by Crippen LogP contribution is 2.42. The predicted octanol–water partition coefficient (Wildman–Crippen LogP) is 7.12. The topological polar surface area (TPSA) is 0 Å². The van der Waals surface area contributed by atoms with Crippen LogP contribution in [0.1, 0.15) is 83.1 Å². The molecule has 0 bridgehead atoms. The first kappa shape index (κ1) is 19.4. The van der Waals surface area contributed by atoms with E-state index in [-0.39, 0.29) is 0 Å². The van der Waals surface area contributed by atoms with Crippen molar-refractivity contribution in [3.8, 4) is 11.8 Å². The van der Waals surface area contributed by atoms with Crippen molar-refractivity contribution in [1.82, 2.24) is 0 Å². The molecule has 0 amide bonds. The van der Waals surface area contributed by atoms with Crippen molar-refractivity contribution in [2.45, 2.75) is 77.6 Å². The maximum absolute atomic E-state index is 13.3. The van der Waals surface area contributed by atoms with E-state index in [0.717, 1.165) is 36.7 Å². The Morgan fingerprint density at radius 1 is 0.885 bits per heavy atom. The fraction of sp³-hybridized carbons (Fsp3) is 0.667. The summed E-state index contributed by atoms with van der Waals surface area (Å²) in [5.74, 6) is 7.97. The molecule has 0 aliphatic heterocycles. The minimum atomic E-state index is -0.810. The Balaban J connectivity index is 1.43. The lowest BCUT2D eigenvalue weighted by molar-refractivity contribution is 0.153. The number of rotatable bonds is 4. The van der Waals surface area contributed by atoms with Gasteiger partial charge in [-0.2, -0.15) is 0 Å². The predicted molar refractivity (Wildman–Crippen MR) is 104 cm³/mol. The van der Waals surface area contributed by atoms with Crippen LogP contribution in [0.2, 0.25) is 0 Å². The summed E-state index contributed by atoms with van der Waals surface area (Å²) in [6.45, 7) is 2.29. The van der Waals surface area contributed by atoms with Crippen LogP contribution in [0.3, 0.4) is 0 Å². The van der Waals surface area contributed by atoms with Gasteiger partial charge in [0.25, 0.3) is 0 Å². The van der Waals surface area contributed by atoms with Crippen molar-refractivity contribution in [1.29, 1.82) is 0 Å². The Kier molecular flexibility index (Phi) is 7.12. The van der Waals surface area contributed by atoms with Crippen molar-refractivity contribution in [2.24, 2.45) is 23.7 Å². The van der Waals surface area contributed by atoms with Crippen LogP contribution < -0.4 is 0 Å². The van der Waals surface area contributed by atoms with E-state index in [1.165, 1.54) is 63.9 Å². The summed E-state index contributed by atoms with van der Waals surface area (Å²) in [6.07, 6.45) is 14.8. The molecule has 0 N–H and O–H groups in total. The Hall–Kier alpha value is -1.36. The van der Waals surface area contributed by atoms with E-state index in [9.17, 15) is 8.78 Å². The molecule has 0 heterocycles. The highest BCUT2D eigenvalue weighted by Gasteiger charge is 2.30. The van der Waals surface area contributed by atoms with Gasteiger partial charge < -0.3 is 0 Å². The van der Waals surface area contributed by atoms with Gasteiger partial charge >= 0.3 is 0 Å². The number of benzene rings is 1. The molecule has 0 radical (unpaired) electrons. The molecule has 142 valence electrons. The second-order valence-corrected chi connectivity index (χ2v) is 8.43. The molecule has 1 aromatic rings. The second kappa shape index (κ2) is 9.54. The van der Waals surface area contributed by atoms with Crippen LogP contribution in [0.5, 0.6) is 0 Å². The van der Waals surface area contributed by atoms with E-state index in [0.29, 0.717) is 11.5 Å². The molecular formula is C24H32F2. The van der Waals surface area contributed by atoms with E-state index in [1.807, 2.05) is 0 Å². The van der Waals surface area contributed by atoms with Crippen LogP contribution in [-0.4, -0.2) is 0 Å². The smallest absolute Gasteiger partial charge is 0.160 e. The SMILES string of the molecule is CCCCC1CCC(C2CCC(C#Cc3ccc(F)c(F)c3)CC2)CC1. The first-order chi connectivity index (χ1) is 12.7. The van der Waals surface area contributed by atoms with Gasteiger partial charge in [-0.15, -0.1) is 0 Å². The monoisotopic (exact) mass is 358 g/mol. The molecule has 3 rings (SSSR count). The van der Waals surface area contributed by atoms with Crippen LogP contribution in [0, 0.1) is 47.1 Å². The lowest BCUT2D eigenvalue weighted by Crippen LogP contribution is -2.25. The van der Waals surface area contributed by atoms with Gasteiger partial charge in [0.05, 0.1) is 0 Å². The third-order valence-electron chi connectivity index (χ3n) is 6.64. The van der Waals surface area contributed by atoms with Crippen LogP contribution in [0.4, 0.5) is 8.78 Å². The summed E-state index contributed by atoms with van der Waals surface area (Å²) in [7, 11) is 0. The van der Waals surface area contributed by atoms with Crippen molar-refractivity contribution in [3.05, 3.63) is 35.4 Å². The second-order valence-electron chi connectivity index (χ2n) is 8.43. The molecule has 2 aliphatic rings. The van der Waals surface area contributed by atoms with Gasteiger partial charge in [-0.05, 0) is 74.5 Å². The Bertz CT molecular complexity index is 623. The fourth-order valence-corrected chi connectivity index (χ4v) is 4.94. The number of halogens is 2. The zero-order valence-corrected chi connectivity index (χ0v) is 16.1. The molecule has 2 aliphatic carbocycles. The zero-order valence-electron chi connectivity index (χ0n) is 16.1. The molecule has 0 nitrogen and oxygen atoms in total. The summed E-state index contributed by atoms with van der Waals surface area (Å²) >= 11 is 0.